The van der Waals surface area contributed by atoms with E-state index in [0.717, 1.165) is 25.8 Å². The van der Waals surface area contributed by atoms with Crippen LogP contribution in [0, 0.1) is 0 Å². The number of rotatable bonds is 4. The normalized spacial score (nSPS) is 20.4. The molecule has 0 spiro atoms. The van der Waals surface area contributed by atoms with E-state index in [-0.39, 0.29) is 12.0 Å². The Bertz CT molecular complexity index is 304. The Labute approximate surface area is 93.4 Å². The van der Waals surface area contributed by atoms with E-state index in [1.54, 1.807) is 11.3 Å². The van der Waals surface area contributed by atoms with E-state index in [1.165, 1.54) is 4.88 Å². The van der Waals surface area contributed by atoms with Crippen molar-refractivity contribution in [1.82, 2.24) is 5.32 Å². The molecule has 2 heterocycles. The third-order valence-electron chi connectivity index (χ3n) is 2.52. The zero-order chi connectivity index (χ0) is 10.5. The monoisotopic (exact) mass is 225 g/mol. The Morgan fingerprint density at radius 2 is 2.60 bits per heavy atom. The number of hydrogen-bond acceptors (Lipinski definition) is 4. The molecular formula is C11H15NO2S. The highest BCUT2D eigenvalue weighted by atomic mass is 32.1. The summed E-state index contributed by atoms with van der Waals surface area (Å²) < 4.78 is 5.20. The second-order valence-corrected chi connectivity index (χ2v) is 4.68. The Hall–Kier alpha value is -0.870. The quantitative estimate of drug-likeness (QED) is 0.791. The molecule has 1 aromatic heterocycles. The molecule has 1 unspecified atom stereocenters. The van der Waals surface area contributed by atoms with Gasteiger partial charge in [0.25, 0.3) is 0 Å². The van der Waals surface area contributed by atoms with Gasteiger partial charge in [-0.15, -0.1) is 11.3 Å². The Balaban J connectivity index is 1.67. The van der Waals surface area contributed by atoms with Crippen LogP contribution < -0.4 is 5.32 Å². The van der Waals surface area contributed by atoms with Crippen LogP contribution in [0.1, 0.15) is 17.7 Å². The van der Waals surface area contributed by atoms with E-state index in [9.17, 15) is 4.79 Å². The van der Waals surface area contributed by atoms with Crippen LogP contribution in [0.5, 0.6) is 0 Å². The second-order valence-electron chi connectivity index (χ2n) is 3.65. The number of ether oxygens (including phenoxy) is 1. The fourth-order valence-corrected chi connectivity index (χ4v) is 2.38. The van der Waals surface area contributed by atoms with Gasteiger partial charge < -0.3 is 10.1 Å². The van der Waals surface area contributed by atoms with Crippen LogP contribution in [0.2, 0.25) is 0 Å². The first-order valence-electron chi connectivity index (χ1n) is 5.28. The molecule has 1 atom stereocenters. The van der Waals surface area contributed by atoms with Gasteiger partial charge in [-0.25, -0.2) is 0 Å². The first kappa shape index (κ1) is 10.6. The molecule has 4 heteroatoms. The summed E-state index contributed by atoms with van der Waals surface area (Å²) in [5.41, 5.74) is 0. The average molecular weight is 225 g/mol. The topological polar surface area (TPSA) is 38.3 Å². The second kappa shape index (κ2) is 5.28. The van der Waals surface area contributed by atoms with Crippen molar-refractivity contribution in [2.75, 3.05) is 13.2 Å². The van der Waals surface area contributed by atoms with Gasteiger partial charge in [-0.2, -0.15) is 0 Å². The Morgan fingerprint density at radius 1 is 1.67 bits per heavy atom. The van der Waals surface area contributed by atoms with E-state index >= 15 is 0 Å². The summed E-state index contributed by atoms with van der Waals surface area (Å²) in [6, 6.07) is 4.01. The maximum atomic E-state index is 11.5. The summed E-state index contributed by atoms with van der Waals surface area (Å²) in [5.74, 6) is -0.0935. The Morgan fingerprint density at radius 3 is 3.27 bits per heavy atom. The predicted molar refractivity (Wildman–Crippen MR) is 60.0 cm³/mol. The van der Waals surface area contributed by atoms with Crippen LogP contribution >= 0.6 is 11.3 Å². The van der Waals surface area contributed by atoms with Crippen molar-refractivity contribution in [3.63, 3.8) is 0 Å². The maximum Gasteiger partial charge on any atom is 0.323 e. The molecule has 0 aromatic carbocycles. The van der Waals surface area contributed by atoms with Gasteiger partial charge in [-0.05, 0) is 30.8 Å². The molecule has 0 radical (unpaired) electrons. The fraction of sp³-hybridized carbons (Fsp3) is 0.545. The minimum Gasteiger partial charge on any atom is -0.464 e. The highest BCUT2D eigenvalue weighted by molar-refractivity contribution is 7.09. The molecule has 1 N–H and O–H groups in total. The lowest BCUT2D eigenvalue weighted by Crippen LogP contribution is -2.32. The van der Waals surface area contributed by atoms with Crippen LogP contribution in [0.4, 0.5) is 0 Å². The predicted octanol–water partition coefficient (Wildman–Crippen LogP) is 1.59. The summed E-state index contributed by atoms with van der Waals surface area (Å²) in [6.45, 7) is 1.43. The molecule has 1 saturated heterocycles. The molecule has 1 aliphatic heterocycles. The number of hydrogen-bond donors (Lipinski definition) is 1. The maximum absolute atomic E-state index is 11.5. The third-order valence-corrected chi connectivity index (χ3v) is 3.45. The number of thiophene rings is 1. The van der Waals surface area contributed by atoms with Crippen molar-refractivity contribution in [3.05, 3.63) is 22.4 Å². The van der Waals surface area contributed by atoms with Gasteiger partial charge >= 0.3 is 5.97 Å². The van der Waals surface area contributed by atoms with Crippen molar-refractivity contribution >= 4 is 17.3 Å². The largest absolute Gasteiger partial charge is 0.464 e. The van der Waals surface area contributed by atoms with E-state index in [2.05, 4.69) is 11.4 Å². The smallest absolute Gasteiger partial charge is 0.323 e. The summed E-state index contributed by atoms with van der Waals surface area (Å²) in [7, 11) is 0. The Kier molecular flexibility index (Phi) is 3.75. The third kappa shape index (κ3) is 3.04. The minimum atomic E-state index is -0.0935. The molecule has 15 heavy (non-hydrogen) atoms. The van der Waals surface area contributed by atoms with Crippen LogP contribution in [0.15, 0.2) is 17.5 Å². The lowest BCUT2D eigenvalue weighted by Gasteiger charge is -2.09. The van der Waals surface area contributed by atoms with E-state index < -0.39 is 0 Å². The number of carbonyl (C=O) groups is 1. The van der Waals surface area contributed by atoms with Gasteiger partial charge in [0.05, 0.1) is 6.61 Å². The summed E-state index contributed by atoms with van der Waals surface area (Å²) in [5, 5.41) is 5.17. The molecule has 2 rings (SSSR count). The van der Waals surface area contributed by atoms with Crippen molar-refractivity contribution in [3.8, 4) is 0 Å². The van der Waals surface area contributed by atoms with Gasteiger partial charge in [0.1, 0.15) is 6.04 Å². The van der Waals surface area contributed by atoms with Crippen molar-refractivity contribution in [1.29, 1.82) is 0 Å². The zero-order valence-corrected chi connectivity index (χ0v) is 9.39. The molecule has 0 amide bonds. The summed E-state index contributed by atoms with van der Waals surface area (Å²) in [4.78, 5) is 12.8. The molecule has 1 aromatic rings. The molecule has 3 nitrogen and oxygen atoms in total. The number of carbonyl (C=O) groups excluding carboxylic acids is 1. The number of nitrogens with one attached hydrogen (secondary N) is 1. The van der Waals surface area contributed by atoms with Gasteiger partial charge in [0, 0.05) is 11.3 Å². The van der Waals surface area contributed by atoms with E-state index in [0.29, 0.717) is 6.61 Å². The molecule has 1 aliphatic rings. The SMILES string of the molecule is O=C(OCCc1cccs1)C1CCCN1. The van der Waals surface area contributed by atoms with Gasteiger partial charge in [0.2, 0.25) is 0 Å². The van der Waals surface area contributed by atoms with Crippen LogP contribution in [-0.4, -0.2) is 25.2 Å². The number of esters is 1. The van der Waals surface area contributed by atoms with Crippen LogP contribution in [0.25, 0.3) is 0 Å². The lowest BCUT2D eigenvalue weighted by atomic mass is 10.2. The van der Waals surface area contributed by atoms with Crippen LogP contribution in [0.3, 0.4) is 0 Å². The molecule has 1 fully saturated rings. The minimum absolute atomic E-state index is 0.0617. The van der Waals surface area contributed by atoms with Crippen molar-refractivity contribution in [2.24, 2.45) is 0 Å². The average Bonchev–Trinajstić information content (AvgIpc) is 2.90. The fourth-order valence-electron chi connectivity index (χ4n) is 1.69. The highest BCUT2D eigenvalue weighted by Crippen LogP contribution is 2.10. The molecule has 0 aliphatic carbocycles. The molecule has 0 saturated carbocycles. The summed E-state index contributed by atoms with van der Waals surface area (Å²) >= 11 is 1.70. The van der Waals surface area contributed by atoms with Crippen molar-refractivity contribution < 1.29 is 9.53 Å². The molecule has 82 valence electrons. The van der Waals surface area contributed by atoms with E-state index in [4.69, 9.17) is 4.74 Å². The molecular weight excluding hydrogens is 210 g/mol. The first-order valence-corrected chi connectivity index (χ1v) is 6.16. The first-order chi connectivity index (χ1) is 7.36. The van der Waals surface area contributed by atoms with Crippen molar-refractivity contribution in [2.45, 2.75) is 25.3 Å². The molecule has 0 bridgehead atoms. The standard InChI is InChI=1S/C11H15NO2S/c13-11(10-4-1-6-12-10)14-7-5-9-3-2-8-15-9/h2-3,8,10,12H,1,4-7H2. The zero-order valence-electron chi connectivity index (χ0n) is 8.57. The van der Waals surface area contributed by atoms with Gasteiger partial charge in [0.15, 0.2) is 0 Å². The summed E-state index contributed by atoms with van der Waals surface area (Å²) in [6.07, 6.45) is 2.82. The highest BCUT2D eigenvalue weighted by Gasteiger charge is 2.22. The lowest BCUT2D eigenvalue weighted by molar-refractivity contribution is -0.145. The van der Waals surface area contributed by atoms with Gasteiger partial charge in [-0.3, -0.25) is 4.79 Å². The van der Waals surface area contributed by atoms with Gasteiger partial charge in [-0.1, -0.05) is 6.07 Å². The van der Waals surface area contributed by atoms with Crippen LogP contribution in [-0.2, 0) is 16.0 Å². The van der Waals surface area contributed by atoms with E-state index in [1.807, 2.05) is 11.4 Å².